The monoisotopic (exact) mass is 223 g/mol. The highest BCUT2D eigenvalue weighted by atomic mass is 19.1. The van der Waals surface area contributed by atoms with E-state index in [1.807, 2.05) is 30.3 Å². The summed E-state index contributed by atoms with van der Waals surface area (Å²) in [6.07, 6.45) is 1.51. The van der Waals surface area contributed by atoms with Crippen LogP contribution in [0, 0.1) is 5.92 Å². The molecule has 0 aliphatic carbocycles. The molecule has 0 saturated carbocycles. The normalized spacial score (nSPS) is 21.6. The van der Waals surface area contributed by atoms with Crippen LogP contribution in [0.4, 0.5) is 4.39 Å². The molecule has 1 unspecified atom stereocenters. The van der Waals surface area contributed by atoms with E-state index in [1.54, 1.807) is 0 Å². The summed E-state index contributed by atoms with van der Waals surface area (Å²) in [5, 5.41) is 0. The summed E-state index contributed by atoms with van der Waals surface area (Å²) in [4.78, 5) is 0. The lowest BCUT2D eigenvalue weighted by molar-refractivity contribution is -0.00993. The average molecular weight is 223 g/mol. The highest BCUT2D eigenvalue weighted by molar-refractivity contribution is 5.24. The fourth-order valence-electron chi connectivity index (χ4n) is 2.39. The highest BCUT2D eigenvalue weighted by Gasteiger charge is 2.40. The topological polar surface area (TPSA) is 35.2 Å². The number of alkyl halides is 1. The van der Waals surface area contributed by atoms with E-state index in [9.17, 15) is 4.39 Å². The molecule has 1 aliphatic heterocycles. The van der Waals surface area contributed by atoms with Crippen LogP contribution in [0.3, 0.4) is 0 Å². The first-order valence-corrected chi connectivity index (χ1v) is 5.79. The highest BCUT2D eigenvalue weighted by Crippen LogP contribution is 2.38. The van der Waals surface area contributed by atoms with Gasteiger partial charge >= 0.3 is 0 Å². The van der Waals surface area contributed by atoms with Crippen LogP contribution in [0.5, 0.6) is 0 Å². The maximum atomic E-state index is 15.0. The maximum Gasteiger partial charge on any atom is 0.151 e. The van der Waals surface area contributed by atoms with Crippen molar-refractivity contribution in [1.29, 1.82) is 0 Å². The van der Waals surface area contributed by atoms with Crippen LogP contribution >= 0.6 is 0 Å². The molecule has 2 rings (SSSR count). The summed E-state index contributed by atoms with van der Waals surface area (Å²) in [7, 11) is 0. The lowest BCUT2D eigenvalue weighted by Gasteiger charge is -2.35. The second-order valence-electron chi connectivity index (χ2n) is 4.32. The van der Waals surface area contributed by atoms with Crippen molar-refractivity contribution >= 4 is 0 Å². The first-order chi connectivity index (χ1) is 7.77. The molecule has 1 saturated heterocycles. The van der Waals surface area contributed by atoms with Crippen molar-refractivity contribution in [2.24, 2.45) is 11.7 Å². The number of benzene rings is 1. The van der Waals surface area contributed by atoms with Crippen molar-refractivity contribution in [2.45, 2.75) is 18.5 Å². The molecule has 1 aromatic carbocycles. The Labute approximate surface area is 95.6 Å². The van der Waals surface area contributed by atoms with E-state index in [-0.39, 0.29) is 12.5 Å². The van der Waals surface area contributed by atoms with Gasteiger partial charge in [0.05, 0.1) is 0 Å². The number of rotatable bonds is 3. The van der Waals surface area contributed by atoms with E-state index in [1.165, 1.54) is 0 Å². The van der Waals surface area contributed by atoms with Crippen molar-refractivity contribution in [1.82, 2.24) is 0 Å². The van der Waals surface area contributed by atoms with Gasteiger partial charge in [-0.15, -0.1) is 0 Å². The zero-order chi connectivity index (χ0) is 11.4. The predicted molar refractivity (Wildman–Crippen MR) is 61.8 cm³/mol. The minimum absolute atomic E-state index is 0.0198. The van der Waals surface area contributed by atoms with Crippen molar-refractivity contribution in [3.05, 3.63) is 35.9 Å². The molecule has 0 bridgehead atoms. The summed E-state index contributed by atoms with van der Waals surface area (Å²) in [6.45, 7) is 1.33. The number of halogens is 1. The second-order valence-corrected chi connectivity index (χ2v) is 4.32. The molecular formula is C13H18FNO. The Morgan fingerprint density at radius 1 is 1.25 bits per heavy atom. The Morgan fingerprint density at radius 3 is 2.44 bits per heavy atom. The van der Waals surface area contributed by atoms with Gasteiger partial charge in [0.25, 0.3) is 0 Å². The fraction of sp³-hybridized carbons (Fsp3) is 0.538. The molecule has 88 valence electrons. The second kappa shape index (κ2) is 4.93. The molecule has 1 heterocycles. The van der Waals surface area contributed by atoms with E-state index in [0.29, 0.717) is 18.8 Å². The third kappa shape index (κ3) is 2.11. The molecule has 16 heavy (non-hydrogen) atoms. The minimum atomic E-state index is -1.40. The van der Waals surface area contributed by atoms with Crippen LogP contribution in [0.15, 0.2) is 30.3 Å². The number of ether oxygens (including phenoxy) is 1. The van der Waals surface area contributed by atoms with Gasteiger partial charge in [-0.1, -0.05) is 30.3 Å². The molecular weight excluding hydrogens is 205 g/mol. The molecule has 0 aromatic heterocycles. The van der Waals surface area contributed by atoms with Crippen LogP contribution in [-0.4, -0.2) is 19.8 Å². The molecule has 1 aromatic rings. The van der Waals surface area contributed by atoms with Gasteiger partial charge < -0.3 is 10.5 Å². The molecule has 1 aliphatic rings. The molecule has 0 amide bonds. The number of nitrogens with two attached hydrogens (primary N) is 1. The quantitative estimate of drug-likeness (QED) is 0.853. The molecule has 1 atom stereocenters. The maximum absolute atomic E-state index is 15.0. The summed E-state index contributed by atoms with van der Waals surface area (Å²) in [5.74, 6) is -0.0198. The van der Waals surface area contributed by atoms with Crippen molar-refractivity contribution in [3.63, 3.8) is 0 Å². The van der Waals surface area contributed by atoms with Crippen LogP contribution in [0.2, 0.25) is 0 Å². The molecule has 2 nitrogen and oxygen atoms in total. The van der Waals surface area contributed by atoms with Gasteiger partial charge in [-0.3, -0.25) is 0 Å². The largest absolute Gasteiger partial charge is 0.381 e. The summed E-state index contributed by atoms with van der Waals surface area (Å²) in [5.41, 5.74) is 4.95. The van der Waals surface area contributed by atoms with Crippen LogP contribution < -0.4 is 5.73 Å². The molecule has 3 heteroatoms. The van der Waals surface area contributed by atoms with E-state index in [0.717, 1.165) is 12.8 Å². The third-order valence-electron chi connectivity index (χ3n) is 3.42. The van der Waals surface area contributed by atoms with E-state index < -0.39 is 5.67 Å². The zero-order valence-corrected chi connectivity index (χ0v) is 9.36. The standard InChI is InChI=1S/C13H18FNO/c14-13(10-15,11-4-2-1-3-5-11)12-6-8-16-9-7-12/h1-5,12H,6-10,15H2. The van der Waals surface area contributed by atoms with E-state index in [2.05, 4.69) is 0 Å². The molecule has 0 spiro atoms. The Kier molecular flexibility index (Phi) is 3.56. The Morgan fingerprint density at radius 2 is 1.88 bits per heavy atom. The van der Waals surface area contributed by atoms with Crippen LogP contribution in [0.1, 0.15) is 18.4 Å². The third-order valence-corrected chi connectivity index (χ3v) is 3.42. The number of hydrogen-bond acceptors (Lipinski definition) is 2. The van der Waals surface area contributed by atoms with Gasteiger partial charge in [0, 0.05) is 25.7 Å². The SMILES string of the molecule is NCC(F)(c1ccccc1)C1CCOCC1. The lowest BCUT2D eigenvalue weighted by Crippen LogP contribution is -2.41. The minimum Gasteiger partial charge on any atom is -0.381 e. The first-order valence-electron chi connectivity index (χ1n) is 5.79. The predicted octanol–water partition coefficient (Wildman–Crippen LogP) is 2.24. The average Bonchev–Trinajstić information content (AvgIpc) is 2.40. The van der Waals surface area contributed by atoms with Gasteiger partial charge in [-0.25, -0.2) is 4.39 Å². The van der Waals surface area contributed by atoms with Crippen molar-refractivity contribution in [3.8, 4) is 0 Å². The summed E-state index contributed by atoms with van der Waals surface area (Å²) < 4.78 is 20.2. The Balaban J connectivity index is 2.24. The van der Waals surface area contributed by atoms with Crippen molar-refractivity contribution in [2.75, 3.05) is 19.8 Å². The van der Waals surface area contributed by atoms with E-state index >= 15 is 0 Å². The van der Waals surface area contributed by atoms with Crippen LogP contribution in [-0.2, 0) is 10.4 Å². The van der Waals surface area contributed by atoms with Gasteiger partial charge in [0.1, 0.15) is 0 Å². The molecule has 2 N–H and O–H groups in total. The molecule has 0 radical (unpaired) electrons. The molecule has 1 fully saturated rings. The Hall–Kier alpha value is -0.930. The lowest BCUT2D eigenvalue weighted by atomic mass is 9.78. The first kappa shape index (κ1) is 11.6. The van der Waals surface area contributed by atoms with Gasteiger partial charge in [0.15, 0.2) is 5.67 Å². The van der Waals surface area contributed by atoms with Crippen molar-refractivity contribution < 1.29 is 9.13 Å². The Bertz CT molecular complexity index is 324. The fourth-order valence-corrected chi connectivity index (χ4v) is 2.39. The smallest absolute Gasteiger partial charge is 0.151 e. The summed E-state index contributed by atoms with van der Waals surface area (Å²) in [6, 6.07) is 9.26. The number of hydrogen-bond donors (Lipinski definition) is 1. The summed E-state index contributed by atoms with van der Waals surface area (Å²) >= 11 is 0. The van der Waals surface area contributed by atoms with Gasteiger partial charge in [-0.2, -0.15) is 0 Å². The van der Waals surface area contributed by atoms with Gasteiger partial charge in [-0.05, 0) is 18.4 Å². The van der Waals surface area contributed by atoms with Crippen LogP contribution in [0.25, 0.3) is 0 Å². The van der Waals surface area contributed by atoms with Gasteiger partial charge in [0.2, 0.25) is 0 Å². The van der Waals surface area contributed by atoms with E-state index in [4.69, 9.17) is 10.5 Å². The zero-order valence-electron chi connectivity index (χ0n) is 9.36.